The number of carbonyl (C=O) groups is 1. The molecule has 2 N–H and O–H groups in total. The largest absolute Gasteiger partial charge is 0.457 e. The average molecular weight is 335 g/mol. The van der Waals surface area contributed by atoms with Gasteiger partial charge in [0, 0.05) is 17.7 Å². The molecule has 128 valence electrons. The summed E-state index contributed by atoms with van der Waals surface area (Å²) in [5, 5.41) is 13.5. The van der Waals surface area contributed by atoms with Gasteiger partial charge in [-0.1, -0.05) is 48.6 Å². The van der Waals surface area contributed by atoms with Crippen molar-refractivity contribution in [2.24, 2.45) is 0 Å². The number of aliphatic hydroxyl groups is 1. The van der Waals surface area contributed by atoms with E-state index in [0.29, 0.717) is 17.9 Å². The van der Waals surface area contributed by atoms with E-state index in [2.05, 4.69) is 5.32 Å². The van der Waals surface area contributed by atoms with Gasteiger partial charge < -0.3 is 15.2 Å². The summed E-state index contributed by atoms with van der Waals surface area (Å²) in [6.45, 7) is 0.226. The Morgan fingerprint density at radius 2 is 1.76 bits per heavy atom. The number of rotatable bonds is 3. The first-order chi connectivity index (χ1) is 12.2. The molecule has 0 aromatic heterocycles. The van der Waals surface area contributed by atoms with Crippen LogP contribution in [0.15, 0.2) is 60.7 Å². The summed E-state index contributed by atoms with van der Waals surface area (Å²) in [5.74, 6) is 0.864. The predicted molar refractivity (Wildman–Crippen MR) is 95.8 cm³/mol. The Hall–Kier alpha value is -2.59. The third-order valence-corrected chi connectivity index (χ3v) is 4.92. The molecule has 1 aliphatic carbocycles. The second-order valence-electron chi connectivity index (χ2n) is 6.73. The fraction of sp³-hybridized carbons (Fsp3) is 0.286. The van der Waals surface area contributed by atoms with Crippen molar-refractivity contribution in [3.8, 4) is 11.5 Å². The van der Waals surface area contributed by atoms with Crippen LogP contribution in [0, 0.1) is 0 Å². The molecule has 4 nitrogen and oxygen atoms in total. The van der Waals surface area contributed by atoms with E-state index in [0.717, 1.165) is 24.0 Å². The number of amides is 1. The highest BCUT2D eigenvalue weighted by molar-refractivity contribution is 5.89. The van der Waals surface area contributed by atoms with Crippen molar-refractivity contribution in [1.82, 2.24) is 5.32 Å². The van der Waals surface area contributed by atoms with Crippen LogP contribution >= 0.6 is 0 Å². The first-order valence-electron chi connectivity index (χ1n) is 8.70. The molecule has 25 heavy (non-hydrogen) atoms. The highest BCUT2D eigenvalue weighted by atomic mass is 16.5. The summed E-state index contributed by atoms with van der Waals surface area (Å²) in [7, 11) is 0. The molecule has 2 aromatic rings. The molecule has 0 radical (unpaired) electrons. The van der Waals surface area contributed by atoms with Crippen LogP contribution in [0.4, 0.5) is 0 Å². The molecule has 0 saturated heterocycles. The smallest absolute Gasteiger partial charge is 0.232 e. The van der Waals surface area contributed by atoms with Crippen LogP contribution in [0.1, 0.15) is 36.3 Å². The predicted octanol–water partition coefficient (Wildman–Crippen LogP) is 3.51. The third-order valence-electron chi connectivity index (χ3n) is 4.92. The molecule has 0 saturated carbocycles. The number of benzene rings is 2. The molecule has 1 heterocycles. The summed E-state index contributed by atoms with van der Waals surface area (Å²) in [6, 6.07) is 15.2. The monoisotopic (exact) mass is 335 g/mol. The molecule has 0 fully saturated rings. The van der Waals surface area contributed by atoms with E-state index < -0.39 is 11.5 Å². The van der Waals surface area contributed by atoms with Crippen LogP contribution in [0.2, 0.25) is 0 Å². The summed E-state index contributed by atoms with van der Waals surface area (Å²) < 4.78 is 5.93. The Bertz CT molecular complexity index is 784. The van der Waals surface area contributed by atoms with Gasteiger partial charge in [-0.2, -0.15) is 0 Å². The zero-order chi connectivity index (χ0) is 17.3. The number of allylic oxidation sites excluding steroid dienone is 1. The van der Waals surface area contributed by atoms with Crippen molar-refractivity contribution >= 4 is 5.91 Å². The van der Waals surface area contributed by atoms with Crippen LogP contribution in [0.3, 0.4) is 0 Å². The number of nitrogens with one attached hydrogen (secondary N) is 1. The fourth-order valence-corrected chi connectivity index (χ4v) is 3.59. The van der Waals surface area contributed by atoms with Crippen molar-refractivity contribution in [3.63, 3.8) is 0 Å². The standard InChI is InChI=1S/C21H21NO3/c23-20(22-14-21(24)12-6-1-7-13-21)19-15-8-2-4-10-17(15)25-18-11-5-3-9-16(18)19/h2-6,8-12,19,24H,1,7,13-14H2,(H,22,23). The van der Waals surface area contributed by atoms with Gasteiger partial charge in [-0.25, -0.2) is 0 Å². The normalized spacial score (nSPS) is 21.8. The highest BCUT2D eigenvalue weighted by Gasteiger charge is 2.34. The van der Waals surface area contributed by atoms with Gasteiger partial charge >= 0.3 is 0 Å². The van der Waals surface area contributed by atoms with Gasteiger partial charge in [0.2, 0.25) is 5.91 Å². The Balaban J connectivity index is 1.62. The van der Waals surface area contributed by atoms with Crippen molar-refractivity contribution in [2.45, 2.75) is 30.8 Å². The maximum atomic E-state index is 13.0. The molecule has 1 amide bonds. The Labute approximate surface area is 147 Å². The van der Waals surface area contributed by atoms with Gasteiger partial charge in [0.1, 0.15) is 11.5 Å². The lowest BCUT2D eigenvalue weighted by molar-refractivity contribution is -0.122. The van der Waals surface area contributed by atoms with Crippen LogP contribution in [-0.4, -0.2) is 23.2 Å². The Kier molecular flexibility index (Phi) is 4.06. The number of para-hydroxylation sites is 2. The van der Waals surface area contributed by atoms with Crippen molar-refractivity contribution < 1.29 is 14.6 Å². The number of ether oxygens (including phenoxy) is 1. The lowest BCUT2D eigenvalue weighted by Crippen LogP contribution is -2.44. The first-order valence-corrected chi connectivity index (χ1v) is 8.70. The molecule has 0 bridgehead atoms. The van der Waals surface area contributed by atoms with Gasteiger partial charge in [-0.3, -0.25) is 4.79 Å². The van der Waals surface area contributed by atoms with Gasteiger partial charge in [0.05, 0.1) is 11.5 Å². The third kappa shape index (κ3) is 3.05. The maximum Gasteiger partial charge on any atom is 0.232 e. The second-order valence-corrected chi connectivity index (χ2v) is 6.73. The van der Waals surface area contributed by atoms with E-state index in [-0.39, 0.29) is 12.5 Å². The van der Waals surface area contributed by atoms with Crippen LogP contribution in [-0.2, 0) is 4.79 Å². The first kappa shape index (κ1) is 15.9. The Morgan fingerprint density at radius 1 is 1.12 bits per heavy atom. The molecule has 4 heteroatoms. The molecular weight excluding hydrogens is 314 g/mol. The van der Waals surface area contributed by atoms with E-state index in [1.54, 1.807) is 0 Å². The summed E-state index contributed by atoms with van der Waals surface area (Å²) >= 11 is 0. The minimum Gasteiger partial charge on any atom is -0.457 e. The molecule has 1 aliphatic heterocycles. The summed E-state index contributed by atoms with van der Waals surface area (Å²) in [6.07, 6.45) is 6.38. The lowest BCUT2D eigenvalue weighted by atomic mass is 9.86. The molecule has 1 unspecified atom stereocenters. The fourth-order valence-electron chi connectivity index (χ4n) is 3.59. The minimum atomic E-state index is -0.946. The molecule has 0 spiro atoms. The van der Waals surface area contributed by atoms with Gasteiger partial charge in [-0.15, -0.1) is 0 Å². The van der Waals surface area contributed by atoms with E-state index in [1.165, 1.54) is 0 Å². The molecule has 2 aromatic carbocycles. The summed E-state index contributed by atoms with van der Waals surface area (Å²) in [4.78, 5) is 13.0. The minimum absolute atomic E-state index is 0.115. The average Bonchev–Trinajstić information content (AvgIpc) is 2.65. The van der Waals surface area contributed by atoms with E-state index in [4.69, 9.17) is 4.74 Å². The molecular formula is C21H21NO3. The van der Waals surface area contributed by atoms with Crippen LogP contribution in [0.25, 0.3) is 0 Å². The topological polar surface area (TPSA) is 58.6 Å². The number of carbonyl (C=O) groups excluding carboxylic acids is 1. The number of fused-ring (bicyclic) bond motifs is 2. The zero-order valence-corrected chi connectivity index (χ0v) is 13.9. The van der Waals surface area contributed by atoms with E-state index in [9.17, 15) is 9.90 Å². The Morgan fingerprint density at radius 3 is 2.36 bits per heavy atom. The lowest BCUT2D eigenvalue weighted by Gasteiger charge is -2.30. The SMILES string of the molecule is O=C(NCC1(O)C=CCCC1)C1c2ccccc2Oc2ccccc21. The number of hydrogen-bond acceptors (Lipinski definition) is 3. The molecule has 2 aliphatic rings. The summed E-state index contributed by atoms with van der Waals surface area (Å²) in [5.41, 5.74) is 0.757. The zero-order valence-electron chi connectivity index (χ0n) is 13.9. The van der Waals surface area contributed by atoms with Gasteiger partial charge in [-0.05, 0) is 31.4 Å². The molecule has 4 rings (SSSR count). The number of hydrogen-bond donors (Lipinski definition) is 2. The van der Waals surface area contributed by atoms with Gasteiger partial charge in [0.15, 0.2) is 0 Å². The van der Waals surface area contributed by atoms with Crippen molar-refractivity contribution in [2.75, 3.05) is 6.54 Å². The quantitative estimate of drug-likeness (QED) is 0.844. The van der Waals surface area contributed by atoms with Gasteiger partial charge in [0.25, 0.3) is 0 Å². The maximum absolute atomic E-state index is 13.0. The second kappa shape index (κ2) is 6.37. The van der Waals surface area contributed by atoms with E-state index >= 15 is 0 Å². The van der Waals surface area contributed by atoms with Crippen molar-refractivity contribution in [3.05, 3.63) is 71.8 Å². The molecule has 1 atom stereocenters. The van der Waals surface area contributed by atoms with E-state index in [1.807, 2.05) is 60.7 Å². The van der Waals surface area contributed by atoms with Crippen molar-refractivity contribution in [1.29, 1.82) is 0 Å². The highest BCUT2D eigenvalue weighted by Crippen LogP contribution is 2.43. The van der Waals surface area contributed by atoms with Crippen LogP contribution in [0.5, 0.6) is 11.5 Å². The van der Waals surface area contributed by atoms with Crippen LogP contribution < -0.4 is 10.1 Å².